The minimum absolute atomic E-state index is 0.0889. The fourth-order valence-electron chi connectivity index (χ4n) is 6.05. The predicted octanol–water partition coefficient (Wildman–Crippen LogP) is 13.0. The highest BCUT2D eigenvalue weighted by atomic mass is 16.3. The van der Waals surface area contributed by atoms with E-state index in [1.54, 1.807) is 6.08 Å². The van der Waals surface area contributed by atoms with Gasteiger partial charge in [0, 0.05) is 6.42 Å². The van der Waals surface area contributed by atoms with Gasteiger partial charge >= 0.3 is 0 Å². The van der Waals surface area contributed by atoms with Crippen LogP contribution < -0.4 is 5.32 Å². The zero-order chi connectivity index (χ0) is 35.7. The number of hydrogen-bond acceptors (Lipinski definition) is 3. The average molecular weight is 684 g/mol. The second-order valence-corrected chi connectivity index (χ2v) is 14.0. The minimum atomic E-state index is -0.851. The first-order valence-electron chi connectivity index (χ1n) is 21.0. The maximum Gasteiger partial charge on any atom is 0.220 e. The van der Waals surface area contributed by atoms with Crippen LogP contribution in [0.1, 0.15) is 200 Å². The lowest BCUT2D eigenvalue weighted by molar-refractivity contribution is -0.123. The molecule has 0 bridgehead atoms. The van der Waals surface area contributed by atoms with Gasteiger partial charge in [-0.05, 0) is 57.8 Å². The predicted molar refractivity (Wildman–Crippen MR) is 216 cm³/mol. The Balaban J connectivity index is 3.64. The van der Waals surface area contributed by atoms with Crippen LogP contribution in [-0.2, 0) is 4.79 Å². The van der Waals surface area contributed by atoms with Crippen LogP contribution in [-0.4, -0.2) is 34.9 Å². The summed E-state index contributed by atoms with van der Waals surface area (Å²) >= 11 is 0. The third-order valence-corrected chi connectivity index (χ3v) is 9.26. The molecule has 0 rings (SSSR count). The van der Waals surface area contributed by atoms with Crippen LogP contribution in [0.4, 0.5) is 0 Å². The minimum Gasteiger partial charge on any atom is -0.394 e. The summed E-state index contributed by atoms with van der Waals surface area (Å²) in [6.45, 7) is 4.18. The molecule has 2 atom stereocenters. The van der Waals surface area contributed by atoms with Crippen LogP contribution in [0, 0.1) is 0 Å². The number of unbranched alkanes of at least 4 members (excludes halogenated alkanes) is 22. The number of nitrogens with one attached hydrogen (secondary N) is 1. The largest absolute Gasteiger partial charge is 0.394 e. The smallest absolute Gasteiger partial charge is 0.220 e. The number of amides is 1. The monoisotopic (exact) mass is 684 g/mol. The zero-order valence-corrected chi connectivity index (χ0v) is 32.4. The summed E-state index contributed by atoms with van der Waals surface area (Å²) in [6.07, 6.45) is 56.0. The quantitative estimate of drug-likeness (QED) is 0.0451. The molecule has 3 N–H and O–H groups in total. The van der Waals surface area contributed by atoms with Gasteiger partial charge in [-0.15, -0.1) is 0 Å². The van der Waals surface area contributed by atoms with Crippen molar-refractivity contribution in [2.24, 2.45) is 0 Å². The van der Waals surface area contributed by atoms with E-state index in [1.807, 2.05) is 6.08 Å². The Labute approximate surface area is 305 Å². The maximum absolute atomic E-state index is 12.4. The molecule has 2 unspecified atom stereocenters. The van der Waals surface area contributed by atoms with Gasteiger partial charge in [-0.2, -0.15) is 0 Å². The Morgan fingerprint density at radius 2 is 0.898 bits per heavy atom. The molecule has 284 valence electrons. The van der Waals surface area contributed by atoms with Crippen LogP contribution in [0.3, 0.4) is 0 Å². The van der Waals surface area contributed by atoms with Crippen LogP contribution in [0.15, 0.2) is 60.8 Å². The van der Waals surface area contributed by atoms with E-state index >= 15 is 0 Å². The first-order chi connectivity index (χ1) is 24.2. The highest BCUT2D eigenvalue weighted by molar-refractivity contribution is 5.76. The van der Waals surface area contributed by atoms with Crippen LogP contribution in [0.5, 0.6) is 0 Å². The highest BCUT2D eigenvalue weighted by Gasteiger charge is 2.17. The first kappa shape index (κ1) is 47.1. The Hall–Kier alpha value is -1.91. The summed E-state index contributed by atoms with van der Waals surface area (Å²) < 4.78 is 0. The van der Waals surface area contributed by atoms with E-state index in [-0.39, 0.29) is 12.5 Å². The van der Waals surface area contributed by atoms with E-state index in [2.05, 4.69) is 67.8 Å². The van der Waals surface area contributed by atoms with Gasteiger partial charge in [-0.25, -0.2) is 0 Å². The first-order valence-corrected chi connectivity index (χ1v) is 21.0. The maximum atomic E-state index is 12.4. The van der Waals surface area contributed by atoms with Gasteiger partial charge in [0.25, 0.3) is 0 Å². The molecule has 0 aromatic carbocycles. The zero-order valence-electron chi connectivity index (χ0n) is 32.4. The number of rotatable bonds is 37. The Kier molecular flexibility index (Phi) is 38.9. The van der Waals surface area contributed by atoms with Crippen molar-refractivity contribution in [3.63, 3.8) is 0 Å². The van der Waals surface area contributed by atoms with E-state index in [9.17, 15) is 15.0 Å². The fraction of sp³-hybridized carbons (Fsp3) is 0.756. The molecule has 0 aromatic heterocycles. The molecular formula is C45H81NO3. The summed E-state index contributed by atoms with van der Waals surface area (Å²) in [7, 11) is 0. The Morgan fingerprint density at radius 1 is 0.510 bits per heavy atom. The molecule has 4 nitrogen and oxygen atoms in total. The normalized spacial score (nSPS) is 13.6. The number of carbonyl (C=O) groups is 1. The van der Waals surface area contributed by atoms with E-state index < -0.39 is 12.1 Å². The van der Waals surface area contributed by atoms with E-state index in [0.29, 0.717) is 6.42 Å². The number of aliphatic hydroxyl groups excluding tert-OH is 2. The van der Waals surface area contributed by atoms with Crippen molar-refractivity contribution in [2.75, 3.05) is 6.61 Å². The molecule has 49 heavy (non-hydrogen) atoms. The standard InChI is InChI=1S/C45H81NO3/c1-3-5-7-9-11-13-15-17-19-21-22-23-25-26-28-30-32-34-36-38-40-44(48)43(42-47)46-45(49)41-39-37-35-33-31-29-27-24-20-18-16-14-12-10-8-6-4-2/h6,8,12,14,18,20,27,29,38,40,43-44,47-48H,3-5,7,9-11,13,15-17,19,21-26,28,30-37,39,41-42H2,1-2H3,(H,46,49)/b8-6-,14-12-,20-18-,29-27-,40-38+. The molecule has 4 heteroatoms. The second kappa shape index (κ2) is 40.5. The van der Waals surface area contributed by atoms with Gasteiger partial charge in [0.2, 0.25) is 5.91 Å². The highest BCUT2D eigenvalue weighted by Crippen LogP contribution is 2.15. The van der Waals surface area contributed by atoms with Gasteiger partial charge in [0.15, 0.2) is 0 Å². The van der Waals surface area contributed by atoms with Gasteiger partial charge in [-0.3, -0.25) is 4.79 Å². The lowest BCUT2D eigenvalue weighted by atomic mass is 10.0. The van der Waals surface area contributed by atoms with E-state index in [0.717, 1.165) is 70.6 Å². The van der Waals surface area contributed by atoms with Crippen molar-refractivity contribution < 1.29 is 15.0 Å². The molecule has 0 saturated heterocycles. The van der Waals surface area contributed by atoms with Crippen molar-refractivity contribution in [1.82, 2.24) is 5.32 Å². The van der Waals surface area contributed by atoms with Crippen LogP contribution in [0.2, 0.25) is 0 Å². The molecular weight excluding hydrogens is 602 g/mol. The molecule has 0 radical (unpaired) electrons. The van der Waals surface area contributed by atoms with Crippen molar-refractivity contribution >= 4 is 5.91 Å². The van der Waals surface area contributed by atoms with Crippen LogP contribution in [0.25, 0.3) is 0 Å². The van der Waals surface area contributed by atoms with E-state index in [4.69, 9.17) is 0 Å². The fourth-order valence-corrected chi connectivity index (χ4v) is 6.05. The Morgan fingerprint density at radius 3 is 1.35 bits per heavy atom. The molecule has 0 heterocycles. The SMILES string of the molecule is CC/C=C\C/C=C\C/C=C\C/C=C\CCCCCCC(=O)NC(CO)C(O)/C=C/CCCCCCCCCCCCCCCCCCCC. The number of carbonyl (C=O) groups excluding carboxylic acids is 1. The third-order valence-electron chi connectivity index (χ3n) is 9.26. The lowest BCUT2D eigenvalue weighted by Crippen LogP contribution is -2.45. The van der Waals surface area contributed by atoms with E-state index in [1.165, 1.54) is 109 Å². The summed E-state index contributed by atoms with van der Waals surface area (Å²) in [5.41, 5.74) is 0. The Bertz CT molecular complexity index is 827. The molecule has 0 aliphatic carbocycles. The molecule has 0 fully saturated rings. The summed E-state index contributed by atoms with van der Waals surface area (Å²) in [5.74, 6) is -0.0889. The van der Waals surface area contributed by atoms with Crippen molar-refractivity contribution in [3.8, 4) is 0 Å². The van der Waals surface area contributed by atoms with Crippen molar-refractivity contribution in [2.45, 2.75) is 212 Å². The number of allylic oxidation sites excluding steroid dienone is 9. The molecule has 1 amide bonds. The molecule has 0 spiro atoms. The summed E-state index contributed by atoms with van der Waals surface area (Å²) in [4.78, 5) is 12.4. The topological polar surface area (TPSA) is 69.6 Å². The lowest BCUT2D eigenvalue weighted by Gasteiger charge is -2.20. The summed E-state index contributed by atoms with van der Waals surface area (Å²) in [5, 5.41) is 23.0. The van der Waals surface area contributed by atoms with Crippen molar-refractivity contribution in [3.05, 3.63) is 60.8 Å². The van der Waals surface area contributed by atoms with Gasteiger partial charge < -0.3 is 15.5 Å². The molecule has 0 aromatic rings. The molecule has 0 aliphatic rings. The second-order valence-electron chi connectivity index (χ2n) is 14.0. The van der Waals surface area contributed by atoms with Gasteiger partial charge in [0.1, 0.15) is 0 Å². The van der Waals surface area contributed by atoms with Crippen molar-refractivity contribution in [1.29, 1.82) is 0 Å². The number of hydrogen-bond donors (Lipinski definition) is 3. The summed E-state index contributed by atoms with van der Waals surface area (Å²) in [6, 6.07) is -0.637. The number of aliphatic hydroxyl groups is 2. The van der Waals surface area contributed by atoms with Gasteiger partial charge in [-0.1, -0.05) is 197 Å². The third kappa shape index (κ3) is 37.2. The molecule has 0 saturated carbocycles. The van der Waals surface area contributed by atoms with Gasteiger partial charge in [0.05, 0.1) is 18.8 Å². The van der Waals surface area contributed by atoms with Crippen LogP contribution >= 0.6 is 0 Å². The molecule has 0 aliphatic heterocycles. The average Bonchev–Trinajstić information content (AvgIpc) is 3.10.